The number of hydrogen-bond donors (Lipinski definition) is 1. The average Bonchev–Trinajstić information content (AvgIpc) is 3.38. The molecule has 2 bridgehead atoms. The van der Waals surface area contributed by atoms with Crippen LogP contribution in [0.3, 0.4) is 0 Å². The molecule has 0 spiro atoms. The molecular weight excluding hydrogens is 483 g/mol. The molecule has 3 fully saturated rings. The Kier molecular flexibility index (Phi) is 4.53. The van der Waals surface area contributed by atoms with E-state index < -0.39 is 11.7 Å². The first kappa shape index (κ1) is 22.5. The summed E-state index contributed by atoms with van der Waals surface area (Å²) in [6.07, 6.45) is 0.839. The van der Waals surface area contributed by atoms with Crippen LogP contribution in [0.4, 0.5) is 19.0 Å². The number of anilines is 1. The highest BCUT2D eigenvalue weighted by molar-refractivity contribution is 6.00. The number of amides is 1. The lowest BCUT2D eigenvalue weighted by atomic mass is 9.49. The molecule has 0 saturated heterocycles. The van der Waals surface area contributed by atoms with Crippen LogP contribution in [0.2, 0.25) is 0 Å². The molecule has 3 aliphatic carbocycles. The Hall–Kier alpha value is -3.66. The van der Waals surface area contributed by atoms with Crippen molar-refractivity contribution in [3.63, 3.8) is 0 Å². The Morgan fingerprint density at radius 2 is 1.97 bits per heavy atom. The van der Waals surface area contributed by atoms with Crippen molar-refractivity contribution in [1.82, 2.24) is 19.3 Å². The van der Waals surface area contributed by atoms with Crippen LogP contribution in [0, 0.1) is 5.92 Å². The largest absolute Gasteiger partial charge is 0.417 e. The zero-order valence-electron chi connectivity index (χ0n) is 20.0. The number of hydrogen-bond acceptors (Lipinski definition) is 5. The highest BCUT2D eigenvalue weighted by atomic mass is 19.4. The van der Waals surface area contributed by atoms with E-state index in [1.165, 1.54) is 10.5 Å². The quantitative estimate of drug-likeness (QED) is 0.407. The summed E-state index contributed by atoms with van der Waals surface area (Å²) in [7, 11) is 0. The molecule has 1 aromatic carbocycles. The normalized spacial score (nSPS) is 24.1. The van der Waals surface area contributed by atoms with Crippen molar-refractivity contribution in [3.05, 3.63) is 70.7 Å². The van der Waals surface area contributed by atoms with E-state index in [0.717, 1.165) is 48.0 Å². The number of imidazole rings is 1. The van der Waals surface area contributed by atoms with Gasteiger partial charge in [-0.3, -0.25) is 4.79 Å². The van der Waals surface area contributed by atoms with Gasteiger partial charge in [-0.2, -0.15) is 13.2 Å². The summed E-state index contributed by atoms with van der Waals surface area (Å²) in [5.74, 6) is 0.963. The van der Waals surface area contributed by atoms with E-state index >= 15 is 0 Å². The van der Waals surface area contributed by atoms with Crippen molar-refractivity contribution in [1.29, 1.82) is 0 Å². The molecule has 0 radical (unpaired) electrons. The molecule has 4 heterocycles. The van der Waals surface area contributed by atoms with Crippen molar-refractivity contribution in [2.75, 3.05) is 5.73 Å². The summed E-state index contributed by atoms with van der Waals surface area (Å²) in [6.45, 7) is 2.57. The van der Waals surface area contributed by atoms with Crippen LogP contribution in [0.1, 0.15) is 65.0 Å². The summed E-state index contributed by atoms with van der Waals surface area (Å²) >= 11 is 0. The van der Waals surface area contributed by atoms with E-state index in [2.05, 4.69) is 9.97 Å². The van der Waals surface area contributed by atoms with Gasteiger partial charge in [0, 0.05) is 34.4 Å². The Morgan fingerprint density at radius 1 is 1.19 bits per heavy atom. The van der Waals surface area contributed by atoms with Crippen LogP contribution in [-0.4, -0.2) is 30.7 Å². The van der Waals surface area contributed by atoms with Gasteiger partial charge in [0.05, 0.1) is 36.0 Å². The zero-order chi connectivity index (χ0) is 25.7. The third-order valence-electron chi connectivity index (χ3n) is 8.27. The van der Waals surface area contributed by atoms with Gasteiger partial charge in [-0.1, -0.05) is 0 Å². The Balaban J connectivity index is 1.25. The van der Waals surface area contributed by atoms with Gasteiger partial charge in [0.25, 0.3) is 5.91 Å². The molecule has 1 atom stereocenters. The molecule has 1 unspecified atom stereocenters. The third kappa shape index (κ3) is 3.34. The number of aromatic nitrogens is 3. The molecule has 2 N–H and O–H groups in total. The lowest BCUT2D eigenvalue weighted by Crippen LogP contribution is -2.69. The standard InChI is InChI=1S/C27H24F3N5O2/c1-14-23-20(13-37-14)19-6-16(2-4-21(19)33-24(23)31)25(36)35(26-7-15(8-26)9-26)12-18-11-34-10-17(27(28,29)30)3-5-22(34)32-18/h2-6,10-11,14-15H,7-9,12-13H2,1H3,(H2,31,33). The molecule has 190 valence electrons. The molecular formula is C27H24F3N5O2. The number of carbonyl (C=O) groups excluding carboxylic acids is 1. The maximum absolute atomic E-state index is 14.0. The average molecular weight is 508 g/mol. The second-order valence-corrected chi connectivity index (χ2v) is 10.6. The number of alkyl halides is 3. The first-order valence-electron chi connectivity index (χ1n) is 12.3. The molecule has 3 saturated carbocycles. The van der Waals surface area contributed by atoms with Crippen molar-refractivity contribution >= 4 is 28.3 Å². The minimum absolute atomic E-state index is 0.120. The van der Waals surface area contributed by atoms with Crippen molar-refractivity contribution in [2.45, 2.75) is 57.2 Å². The molecule has 4 aliphatic rings. The number of nitrogens with two attached hydrogens (primary N) is 1. The van der Waals surface area contributed by atoms with Gasteiger partial charge in [-0.15, -0.1) is 0 Å². The van der Waals surface area contributed by atoms with Crippen molar-refractivity contribution in [3.8, 4) is 0 Å². The first-order chi connectivity index (χ1) is 17.6. The van der Waals surface area contributed by atoms with Gasteiger partial charge in [0.2, 0.25) is 0 Å². The van der Waals surface area contributed by atoms with Crippen LogP contribution in [0.25, 0.3) is 16.6 Å². The summed E-state index contributed by atoms with van der Waals surface area (Å²) in [5.41, 5.74) is 9.25. The smallest absolute Gasteiger partial charge is 0.383 e. The summed E-state index contributed by atoms with van der Waals surface area (Å²) < 4.78 is 46.7. The first-order valence-corrected chi connectivity index (χ1v) is 12.3. The summed E-state index contributed by atoms with van der Waals surface area (Å²) in [4.78, 5) is 24.9. The van der Waals surface area contributed by atoms with E-state index in [1.54, 1.807) is 12.3 Å². The van der Waals surface area contributed by atoms with Crippen LogP contribution in [0.5, 0.6) is 0 Å². The van der Waals surface area contributed by atoms with Crippen molar-refractivity contribution in [2.24, 2.45) is 5.92 Å². The van der Waals surface area contributed by atoms with E-state index in [1.807, 2.05) is 24.0 Å². The van der Waals surface area contributed by atoms with Crippen LogP contribution in [0.15, 0.2) is 42.7 Å². The summed E-state index contributed by atoms with van der Waals surface area (Å²) in [6, 6.07) is 7.81. The van der Waals surface area contributed by atoms with E-state index in [-0.39, 0.29) is 24.1 Å². The fraction of sp³-hybridized carbons (Fsp3) is 0.370. The van der Waals surface area contributed by atoms with Crippen LogP contribution >= 0.6 is 0 Å². The second kappa shape index (κ2) is 7.44. The van der Waals surface area contributed by atoms with Gasteiger partial charge < -0.3 is 19.8 Å². The molecule has 3 aromatic heterocycles. The molecule has 7 nitrogen and oxygen atoms in total. The number of pyridine rings is 2. The molecule has 37 heavy (non-hydrogen) atoms. The summed E-state index contributed by atoms with van der Waals surface area (Å²) in [5, 5.41) is 0.851. The van der Waals surface area contributed by atoms with Gasteiger partial charge in [-0.25, -0.2) is 9.97 Å². The minimum atomic E-state index is -4.44. The van der Waals surface area contributed by atoms with Crippen LogP contribution in [-0.2, 0) is 24.1 Å². The van der Waals surface area contributed by atoms with Gasteiger partial charge in [-0.05, 0) is 68.0 Å². The predicted octanol–water partition coefficient (Wildman–Crippen LogP) is 5.27. The Morgan fingerprint density at radius 3 is 2.68 bits per heavy atom. The lowest BCUT2D eigenvalue weighted by molar-refractivity contribution is -0.137. The number of carbonyl (C=O) groups is 1. The monoisotopic (exact) mass is 507 g/mol. The number of nitrogens with zero attached hydrogens (tertiary/aromatic N) is 4. The number of ether oxygens (including phenoxy) is 1. The SMILES string of the molecule is CC1OCc2c1c(N)nc1ccc(C(=O)N(Cc3cn4cc(C(F)(F)F)ccc4n3)C34CC(C3)C4)cc21. The number of halogens is 3. The van der Waals surface area contributed by atoms with E-state index in [0.29, 0.717) is 40.8 Å². The Bertz CT molecular complexity index is 1590. The third-order valence-corrected chi connectivity index (χ3v) is 8.27. The molecule has 1 aliphatic heterocycles. The second-order valence-electron chi connectivity index (χ2n) is 10.6. The fourth-order valence-corrected chi connectivity index (χ4v) is 6.22. The van der Waals surface area contributed by atoms with Crippen molar-refractivity contribution < 1.29 is 22.7 Å². The molecule has 8 rings (SSSR count). The highest BCUT2D eigenvalue weighted by Crippen LogP contribution is 2.61. The van der Waals surface area contributed by atoms with E-state index in [9.17, 15) is 18.0 Å². The van der Waals surface area contributed by atoms with Gasteiger partial charge in [0.15, 0.2) is 0 Å². The lowest BCUT2D eigenvalue weighted by Gasteiger charge is -2.66. The maximum atomic E-state index is 14.0. The number of benzene rings is 1. The number of fused-ring (bicyclic) bond motifs is 4. The fourth-order valence-electron chi connectivity index (χ4n) is 6.22. The van der Waals surface area contributed by atoms with Gasteiger partial charge >= 0.3 is 6.18 Å². The topological polar surface area (TPSA) is 85.8 Å². The maximum Gasteiger partial charge on any atom is 0.417 e. The zero-order valence-corrected chi connectivity index (χ0v) is 20.0. The minimum Gasteiger partial charge on any atom is -0.383 e. The van der Waals surface area contributed by atoms with E-state index in [4.69, 9.17) is 10.5 Å². The van der Waals surface area contributed by atoms with Crippen LogP contribution < -0.4 is 5.73 Å². The predicted molar refractivity (Wildman–Crippen MR) is 129 cm³/mol. The molecule has 4 aromatic rings. The Labute approximate surface area is 210 Å². The molecule has 1 amide bonds. The number of nitrogen functional groups attached to an aromatic ring is 1. The molecule has 10 heteroatoms. The number of rotatable bonds is 4. The highest BCUT2D eigenvalue weighted by Gasteiger charge is 2.61. The van der Waals surface area contributed by atoms with Gasteiger partial charge in [0.1, 0.15) is 11.5 Å².